The van der Waals surface area contributed by atoms with Crippen molar-refractivity contribution in [3.05, 3.63) is 10.6 Å². The van der Waals surface area contributed by atoms with Crippen LogP contribution in [0, 0.1) is 0 Å². The second-order valence-electron chi connectivity index (χ2n) is 5.67. The molecular weight excluding hydrogens is 302 g/mol. The molecular formula is C15H23N3O3S. The van der Waals surface area contributed by atoms with Gasteiger partial charge >= 0.3 is 5.97 Å². The van der Waals surface area contributed by atoms with Gasteiger partial charge in [-0.05, 0) is 25.8 Å². The Labute approximate surface area is 134 Å². The van der Waals surface area contributed by atoms with E-state index in [1.807, 2.05) is 0 Å². The van der Waals surface area contributed by atoms with Gasteiger partial charge in [-0.3, -0.25) is 14.5 Å². The summed E-state index contributed by atoms with van der Waals surface area (Å²) < 4.78 is 0. The standard InChI is InChI=1S/C15H23N3O3S/c1-3-11-6-4-5-7-18(11)9-13-12(8-14(20)21)17-15(22-13)16-10(2)19/h11H,3-9H2,1-2H3,(H,20,21)(H,16,17,19). The van der Waals surface area contributed by atoms with Crippen LogP contribution in [0.1, 0.15) is 50.1 Å². The Morgan fingerprint density at radius 2 is 2.23 bits per heavy atom. The number of rotatable bonds is 6. The van der Waals surface area contributed by atoms with Crippen molar-refractivity contribution in [3.8, 4) is 0 Å². The van der Waals surface area contributed by atoms with Gasteiger partial charge in [-0.25, -0.2) is 4.98 Å². The highest BCUT2D eigenvalue weighted by molar-refractivity contribution is 7.15. The summed E-state index contributed by atoms with van der Waals surface area (Å²) in [6.45, 7) is 5.38. The third-order valence-electron chi connectivity index (χ3n) is 3.95. The lowest BCUT2D eigenvalue weighted by Crippen LogP contribution is -2.38. The van der Waals surface area contributed by atoms with Crippen LogP contribution >= 0.6 is 11.3 Å². The Bertz CT molecular complexity index is 544. The highest BCUT2D eigenvalue weighted by Gasteiger charge is 2.24. The molecule has 0 aromatic carbocycles. The van der Waals surface area contributed by atoms with Crippen LogP contribution in [0.4, 0.5) is 5.13 Å². The van der Waals surface area contributed by atoms with E-state index < -0.39 is 5.97 Å². The number of carboxylic acids is 1. The summed E-state index contributed by atoms with van der Waals surface area (Å²) >= 11 is 1.39. The van der Waals surface area contributed by atoms with E-state index in [1.54, 1.807) is 0 Å². The van der Waals surface area contributed by atoms with E-state index in [9.17, 15) is 9.59 Å². The van der Waals surface area contributed by atoms with Gasteiger partial charge in [0.1, 0.15) is 0 Å². The largest absolute Gasteiger partial charge is 0.481 e. The van der Waals surface area contributed by atoms with Crippen molar-refractivity contribution in [1.82, 2.24) is 9.88 Å². The molecule has 0 bridgehead atoms. The Morgan fingerprint density at radius 1 is 1.45 bits per heavy atom. The zero-order valence-corrected chi connectivity index (χ0v) is 13.9. The Hall–Kier alpha value is -1.47. The molecule has 1 aromatic heterocycles. The van der Waals surface area contributed by atoms with Crippen molar-refractivity contribution in [2.75, 3.05) is 11.9 Å². The summed E-state index contributed by atoms with van der Waals surface area (Å²) in [7, 11) is 0. The lowest BCUT2D eigenvalue weighted by atomic mass is 10.00. The summed E-state index contributed by atoms with van der Waals surface area (Å²) in [6, 6.07) is 0.553. The van der Waals surface area contributed by atoms with Crippen LogP contribution in [0.3, 0.4) is 0 Å². The Balaban J connectivity index is 2.17. The molecule has 1 unspecified atom stereocenters. The fourth-order valence-corrected chi connectivity index (χ4v) is 3.96. The summed E-state index contributed by atoms with van der Waals surface area (Å²) in [5.41, 5.74) is 0.571. The molecule has 0 aliphatic carbocycles. The number of carbonyl (C=O) groups excluding carboxylic acids is 1. The van der Waals surface area contributed by atoms with E-state index in [0.717, 1.165) is 24.4 Å². The van der Waals surface area contributed by atoms with Gasteiger partial charge in [0, 0.05) is 24.4 Å². The molecule has 0 saturated carbocycles. The second kappa shape index (κ2) is 7.69. The number of anilines is 1. The molecule has 1 aliphatic rings. The number of piperidine rings is 1. The number of likely N-dealkylation sites (tertiary alicyclic amines) is 1. The van der Waals surface area contributed by atoms with Crippen LogP contribution in [-0.2, 0) is 22.6 Å². The molecule has 1 amide bonds. The number of nitrogens with zero attached hydrogens (tertiary/aromatic N) is 2. The minimum atomic E-state index is -0.897. The predicted octanol–water partition coefficient (Wildman–Crippen LogP) is 2.49. The normalized spacial score (nSPS) is 19.1. The minimum absolute atomic E-state index is 0.101. The van der Waals surface area contributed by atoms with Crippen LogP contribution in [0.15, 0.2) is 0 Å². The number of amides is 1. The molecule has 0 spiro atoms. The number of carboxylic acid groups (broad SMARTS) is 1. The SMILES string of the molecule is CCC1CCCCN1Cc1sc(NC(C)=O)nc1CC(=O)O. The fourth-order valence-electron chi connectivity index (χ4n) is 2.91. The summed E-state index contributed by atoms with van der Waals surface area (Å²) in [6.07, 6.45) is 4.64. The molecule has 1 saturated heterocycles. The first kappa shape index (κ1) is 16.9. The second-order valence-corrected chi connectivity index (χ2v) is 6.75. The molecule has 1 fully saturated rings. The zero-order valence-electron chi connectivity index (χ0n) is 13.1. The quantitative estimate of drug-likeness (QED) is 0.839. The number of aliphatic carboxylic acids is 1. The fraction of sp³-hybridized carbons (Fsp3) is 0.667. The lowest BCUT2D eigenvalue weighted by molar-refractivity contribution is -0.136. The van der Waals surface area contributed by atoms with Gasteiger partial charge in [0.2, 0.25) is 5.91 Å². The lowest BCUT2D eigenvalue weighted by Gasteiger charge is -2.34. The van der Waals surface area contributed by atoms with Gasteiger partial charge < -0.3 is 10.4 Å². The van der Waals surface area contributed by atoms with Crippen molar-refractivity contribution in [1.29, 1.82) is 0 Å². The van der Waals surface area contributed by atoms with Gasteiger partial charge in [-0.2, -0.15) is 0 Å². The Morgan fingerprint density at radius 3 is 2.86 bits per heavy atom. The molecule has 2 heterocycles. The zero-order chi connectivity index (χ0) is 16.1. The van der Waals surface area contributed by atoms with Crippen LogP contribution in [0.5, 0.6) is 0 Å². The molecule has 1 aliphatic heterocycles. The predicted molar refractivity (Wildman–Crippen MR) is 86.1 cm³/mol. The van der Waals surface area contributed by atoms with Gasteiger partial charge in [0.15, 0.2) is 5.13 Å². The van der Waals surface area contributed by atoms with E-state index in [2.05, 4.69) is 22.1 Å². The topological polar surface area (TPSA) is 82.5 Å². The molecule has 1 atom stereocenters. The first-order chi connectivity index (χ1) is 10.5. The molecule has 7 heteroatoms. The number of nitrogens with one attached hydrogen (secondary N) is 1. The molecule has 6 nitrogen and oxygen atoms in total. The highest BCUT2D eigenvalue weighted by Crippen LogP contribution is 2.28. The average Bonchev–Trinajstić information content (AvgIpc) is 2.79. The van der Waals surface area contributed by atoms with Crippen LogP contribution in [0.25, 0.3) is 0 Å². The van der Waals surface area contributed by atoms with Gasteiger partial charge in [0.25, 0.3) is 0 Å². The first-order valence-corrected chi connectivity index (χ1v) is 8.53. The maximum absolute atomic E-state index is 11.2. The van der Waals surface area contributed by atoms with Crippen molar-refractivity contribution in [3.63, 3.8) is 0 Å². The average molecular weight is 325 g/mol. The van der Waals surface area contributed by atoms with E-state index in [1.165, 1.54) is 37.5 Å². The van der Waals surface area contributed by atoms with Crippen molar-refractivity contribution < 1.29 is 14.7 Å². The third-order valence-corrected chi connectivity index (χ3v) is 4.94. The van der Waals surface area contributed by atoms with E-state index in [0.29, 0.717) is 16.9 Å². The first-order valence-electron chi connectivity index (χ1n) is 7.71. The van der Waals surface area contributed by atoms with Crippen molar-refractivity contribution >= 4 is 28.3 Å². The van der Waals surface area contributed by atoms with Crippen LogP contribution in [0.2, 0.25) is 0 Å². The van der Waals surface area contributed by atoms with Crippen molar-refractivity contribution in [2.45, 2.75) is 58.5 Å². The van der Waals surface area contributed by atoms with E-state index in [-0.39, 0.29) is 12.3 Å². The van der Waals surface area contributed by atoms with E-state index >= 15 is 0 Å². The van der Waals surface area contributed by atoms with Gasteiger partial charge in [-0.1, -0.05) is 13.3 Å². The maximum atomic E-state index is 11.2. The molecule has 0 radical (unpaired) electrons. The van der Waals surface area contributed by atoms with Crippen LogP contribution in [-0.4, -0.2) is 39.5 Å². The molecule has 22 heavy (non-hydrogen) atoms. The summed E-state index contributed by atoms with van der Waals surface area (Å²) in [5.74, 6) is -1.09. The Kier molecular flexibility index (Phi) is 5.90. The smallest absolute Gasteiger partial charge is 0.309 e. The third kappa shape index (κ3) is 4.51. The summed E-state index contributed by atoms with van der Waals surface area (Å²) in [5, 5.41) is 12.2. The minimum Gasteiger partial charge on any atom is -0.481 e. The number of hydrogen-bond donors (Lipinski definition) is 2. The molecule has 2 rings (SSSR count). The molecule has 122 valence electrons. The molecule has 2 N–H and O–H groups in total. The van der Waals surface area contributed by atoms with Gasteiger partial charge in [-0.15, -0.1) is 11.3 Å². The number of carbonyl (C=O) groups is 2. The van der Waals surface area contributed by atoms with E-state index in [4.69, 9.17) is 5.11 Å². The maximum Gasteiger partial charge on any atom is 0.309 e. The molecule has 1 aromatic rings. The van der Waals surface area contributed by atoms with Crippen molar-refractivity contribution in [2.24, 2.45) is 0 Å². The highest BCUT2D eigenvalue weighted by atomic mass is 32.1. The van der Waals surface area contributed by atoms with Crippen LogP contribution < -0.4 is 5.32 Å². The monoisotopic (exact) mass is 325 g/mol. The number of aromatic nitrogens is 1. The van der Waals surface area contributed by atoms with Gasteiger partial charge in [0.05, 0.1) is 12.1 Å². The summed E-state index contributed by atoms with van der Waals surface area (Å²) in [4.78, 5) is 29.9. The number of hydrogen-bond acceptors (Lipinski definition) is 5. The number of thiazole rings is 1.